The molecule has 3 N–H and O–H groups in total. The third-order valence-corrected chi connectivity index (χ3v) is 3.05. The molecule has 1 aromatic rings. The second-order valence-corrected chi connectivity index (χ2v) is 5.01. The molecule has 20 heavy (non-hydrogen) atoms. The molecule has 0 bridgehead atoms. The topological polar surface area (TPSA) is 81.4 Å². The maximum absolute atomic E-state index is 11.8. The maximum Gasteiger partial charge on any atom is 0.337 e. The summed E-state index contributed by atoms with van der Waals surface area (Å²) in [6.07, 6.45) is 1.85. The third kappa shape index (κ3) is 5.19. The molecule has 6 heteroatoms. The fourth-order valence-electron chi connectivity index (χ4n) is 1.66. The van der Waals surface area contributed by atoms with E-state index in [0.717, 1.165) is 6.42 Å². The highest BCUT2D eigenvalue weighted by Crippen LogP contribution is 2.23. The molecule has 0 spiro atoms. The number of anilines is 1. The van der Waals surface area contributed by atoms with Gasteiger partial charge in [-0.3, -0.25) is 4.79 Å². The standard InChI is InChI=1S/C14H19ClN2O3/c1-9(16)4-3-5-13(18)17-12-8-10(14(19)20-2)6-7-11(12)15/h6-9H,3-5,16H2,1-2H3,(H,17,18). The van der Waals surface area contributed by atoms with Gasteiger partial charge in [-0.15, -0.1) is 0 Å². The van der Waals surface area contributed by atoms with Crippen LogP contribution in [-0.4, -0.2) is 25.0 Å². The van der Waals surface area contributed by atoms with E-state index >= 15 is 0 Å². The summed E-state index contributed by atoms with van der Waals surface area (Å²) < 4.78 is 4.62. The summed E-state index contributed by atoms with van der Waals surface area (Å²) >= 11 is 5.99. The zero-order valence-corrected chi connectivity index (χ0v) is 12.4. The van der Waals surface area contributed by atoms with Crippen LogP contribution in [0.1, 0.15) is 36.5 Å². The van der Waals surface area contributed by atoms with Crippen LogP contribution < -0.4 is 11.1 Å². The van der Waals surface area contributed by atoms with Crippen LogP contribution in [0.5, 0.6) is 0 Å². The predicted molar refractivity (Wildman–Crippen MR) is 78.9 cm³/mol. The van der Waals surface area contributed by atoms with Crippen molar-refractivity contribution in [1.82, 2.24) is 0 Å². The van der Waals surface area contributed by atoms with Crippen molar-refractivity contribution in [3.05, 3.63) is 28.8 Å². The molecule has 1 aromatic carbocycles. The molecule has 0 aromatic heterocycles. The van der Waals surface area contributed by atoms with Crippen LogP contribution in [0.3, 0.4) is 0 Å². The van der Waals surface area contributed by atoms with Gasteiger partial charge in [0.2, 0.25) is 5.91 Å². The van der Waals surface area contributed by atoms with Crippen molar-refractivity contribution in [1.29, 1.82) is 0 Å². The average molecular weight is 299 g/mol. The number of hydrogen-bond donors (Lipinski definition) is 2. The average Bonchev–Trinajstić information content (AvgIpc) is 2.40. The van der Waals surface area contributed by atoms with Gasteiger partial charge in [0.25, 0.3) is 0 Å². The van der Waals surface area contributed by atoms with E-state index in [1.165, 1.54) is 13.2 Å². The lowest BCUT2D eigenvalue weighted by Crippen LogP contribution is -2.17. The summed E-state index contributed by atoms with van der Waals surface area (Å²) in [4.78, 5) is 23.2. The second kappa shape index (κ2) is 7.87. The van der Waals surface area contributed by atoms with Crippen molar-refractivity contribution >= 4 is 29.2 Å². The Bertz CT molecular complexity index is 489. The maximum atomic E-state index is 11.8. The number of nitrogens with one attached hydrogen (secondary N) is 1. The van der Waals surface area contributed by atoms with E-state index in [-0.39, 0.29) is 11.9 Å². The SMILES string of the molecule is COC(=O)c1ccc(Cl)c(NC(=O)CCCC(C)N)c1. The van der Waals surface area contributed by atoms with E-state index in [2.05, 4.69) is 10.1 Å². The molecule has 0 saturated heterocycles. The van der Waals surface area contributed by atoms with Crippen LogP contribution in [-0.2, 0) is 9.53 Å². The van der Waals surface area contributed by atoms with E-state index in [0.29, 0.717) is 29.1 Å². The summed E-state index contributed by atoms with van der Waals surface area (Å²) in [6.45, 7) is 1.90. The van der Waals surface area contributed by atoms with Crippen molar-refractivity contribution in [2.75, 3.05) is 12.4 Å². The molecule has 1 amide bonds. The molecule has 0 aliphatic heterocycles. The first-order chi connectivity index (χ1) is 9.43. The molecule has 0 fully saturated rings. The van der Waals surface area contributed by atoms with Gasteiger partial charge in [-0.05, 0) is 38.0 Å². The third-order valence-electron chi connectivity index (χ3n) is 2.72. The highest BCUT2D eigenvalue weighted by atomic mass is 35.5. The van der Waals surface area contributed by atoms with Gasteiger partial charge in [0, 0.05) is 12.5 Å². The predicted octanol–water partition coefficient (Wildman–Crippen LogP) is 2.58. The zero-order chi connectivity index (χ0) is 15.1. The molecular weight excluding hydrogens is 280 g/mol. The summed E-state index contributed by atoms with van der Waals surface area (Å²) in [7, 11) is 1.29. The van der Waals surface area contributed by atoms with Crippen LogP contribution in [0.25, 0.3) is 0 Å². The molecule has 0 saturated carbocycles. The number of halogens is 1. The van der Waals surface area contributed by atoms with Crippen LogP contribution >= 0.6 is 11.6 Å². The molecule has 0 radical (unpaired) electrons. The Morgan fingerprint density at radius 1 is 1.45 bits per heavy atom. The summed E-state index contributed by atoms with van der Waals surface area (Å²) in [5, 5.41) is 3.06. The lowest BCUT2D eigenvalue weighted by atomic mass is 10.1. The number of nitrogens with two attached hydrogens (primary N) is 1. The highest BCUT2D eigenvalue weighted by Gasteiger charge is 2.11. The Morgan fingerprint density at radius 2 is 2.15 bits per heavy atom. The van der Waals surface area contributed by atoms with Crippen LogP contribution in [0.2, 0.25) is 5.02 Å². The number of benzene rings is 1. The van der Waals surface area contributed by atoms with Crippen molar-refractivity contribution in [3.8, 4) is 0 Å². The first-order valence-electron chi connectivity index (χ1n) is 6.37. The Labute approximate surface area is 123 Å². The van der Waals surface area contributed by atoms with Gasteiger partial charge in [-0.2, -0.15) is 0 Å². The molecule has 0 aliphatic carbocycles. The number of methoxy groups -OCH3 is 1. The largest absolute Gasteiger partial charge is 0.465 e. The van der Waals surface area contributed by atoms with Gasteiger partial charge in [0.15, 0.2) is 0 Å². The van der Waals surface area contributed by atoms with Gasteiger partial charge in [-0.1, -0.05) is 11.6 Å². The molecule has 0 aliphatic rings. The first kappa shape index (κ1) is 16.5. The minimum atomic E-state index is -0.478. The summed E-state index contributed by atoms with van der Waals surface area (Å²) in [5.41, 5.74) is 6.36. The number of esters is 1. The van der Waals surface area contributed by atoms with Crippen LogP contribution in [0.15, 0.2) is 18.2 Å². The Kier molecular flexibility index (Phi) is 6.48. The minimum absolute atomic E-state index is 0.0778. The smallest absolute Gasteiger partial charge is 0.337 e. The van der Waals surface area contributed by atoms with E-state index in [9.17, 15) is 9.59 Å². The molecular formula is C14H19ClN2O3. The lowest BCUT2D eigenvalue weighted by Gasteiger charge is -2.09. The molecule has 1 rings (SSSR count). The van der Waals surface area contributed by atoms with E-state index < -0.39 is 5.97 Å². The fraction of sp³-hybridized carbons (Fsp3) is 0.429. The number of rotatable bonds is 6. The molecule has 1 unspecified atom stereocenters. The summed E-state index contributed by atoms with van der Waals surface area (Å²) in [5.74, 6) is -0.635. The number of carbonyl (C=O) groups excluding carboxylic acids is 2. The Balaban J connectivity index is 2.66. The fourth-order valence-corrected chi connectivity index (χ4v) is 1.83. The second-order valence-electron chi connectivity index (χ2n) is 4.60. The summed E-state index contributed by atoms with van der Waals surface area (Å²) in [6, 6.07) is 4.66. The monoisotopic (exact) mass is 298 g/mol. The van der Waals surface area contributed by atoms with E-state index in [4.69, 9.17) is 17.3 Å². The molecule has 110 valence electrons. The molecule has 0 heterocycles. The van der Waals surface area contributed by atoms with Gasteiger partial charge < -0.3 is 15.8 Å². The Morgan fingerprint density at radius 3 is 2.75 bits per heavy atom. The van der Waals surface area contributed by atoms with Gasteiger partial charge in [0.05, 0.1) is 23.4 Å². The van der Waals surface area contributed by atoms with Gasteiger partial charge in [-0.25, -0.2) is 4.79 Å². The first-order valence-corrected chi connectivity index (χ1v) is 6.75. The normalized spacial score (nSPS) is 11.8. The quantitative estimate of drug-likeness (QED) is 0.791. The van der Waals surface area contributed by atoms with Crippen molar-refractivity contribution < 1.29 is 14.3 Å². The van der Waals surface area contributed by atoms with E-state index in [1.807, 2.05) is 6.92 Å². The zero-order valence-electron chi connectivity index (χ0n) is 11.6. The number of carbonyl (C=O) groups is 2. The van der Waals surface area contributed by atoms with Crippen molar-refractivity contribution in [2.45, 2.75) is 32.2 Å². The minimum Gasteiger partial charge on any atom is -0.465 e. The lowest BCUT2D eigenvalue weighted by molar-refractivity contribution is -0.116. The number of ether oxygens (including phenoxy) is 1. The van der Waals surface area contributed by atoms with Crippen molar-refractivity contribution in [3.63, 3.8) is 0 Å². The van der Waals surface area contributed by atoms with Crippen molar-refractivity contribution in [2.24, 2.45) is 5.73 Å². The number of hydrogen-bond acceptors (Lipinski definition) is 4. The highest BCUT2D eigenvalue weighted by molar-refractivity contribution is 6.33. The Hall–Kier alpha value is -1.59. The van der Waals surface area contributed by atoms with Crippen LogP contribution in [0, 0.1) is 0 Å². The molecule has 1 atom stereocenters. The van der Waals surface area contributed by atoms with E-state index in [1.54, 1.807) is 12.1 Å². The van der Waals surface area contributed by atoms with Crippen LogP contribution in [0.4, 0.5) is 5.69 Å². The van der Waals surface area contributed by atoms with Gasteiger partial charge in [0.1, 0.15) is 0 Å². The number of amides is 1. The van der Waals surface area contributed by atoms with Gasteiger partial charge >= 0.3 is 5.97 Å². The molecule has 5 nitrogen and oxygen atoms in total.